The molecule has 0 atom stereocenters. The van der Waals surface area contributed by atoms with E-state index in [9.17, 15) is 8.42 Å². The molecule has 0 fully saturated rings. The van der Waals surface area contributed by atoms with E-state index in [2.05, 4.69) is 4.18 Å². The Bertz CT molecular complexity index is 116. The van der Waals surface area contributed by atoms with Crippen molar-refractivity contribution in [3.63, 3.8) is 0 Å². The van der Waals surface area contributed by atoms with Gasteiger partial charge in [0.05, 0.1) is 7.11 Å². The molecule has 0 aliphatic heterocycles. The lowest BCUT2D eigenvalue weighted by atomic mass is 11.8. The van der Waals surface area contributed by atoms with Crippen LogP contribution in [0.4, 0.5) is 0 Å². The summed E-state index contributed by atoms with van der Waals surface area (Å²) in [4.78, 5) is 0. The highest BCUT2D eigenvalue weighted by atomic mass is 127. The Labute approximate surface area is 56.3 Å². The van der Waals surface area contributed by atoms with Gasteiger partial charge in [0, 0.05) is 0 Å². The van der Waals surface area contributed by atoms with Gasteiger partial charge in [-0.25, -0.2) is 0 Å². The van der Waals surface area contributed by atoms with Crippen LogP contribution < -0.4 is 0 Å². The molecule has 44 valence electrons. The van der Waals surface area contributed by atoms with Crippen molar-refractivity contribution in [2.45, 2.75) is 0 Å². The molecule has 0 aromatic heterocycles. The fourth-order valence-corrected chi connectivity index (χ4v) is 0.896. The van der Waals surface area contributed by atoms with Crippen LogP contribution in [0, 0.1) is 0 Å². The smallest absolute Gasteiger partial charge is 0.273 e. The standard InChI is InChI=1S/C2H5IO3S/c1-6-7(4,5)2-3/h2H2,1H3. The summed E-state index contributed by atoms with van der Waals surface area (Å²) in [7, 11) is -2.02. The van der Waals surface area contributed by atoms with Crippen molar-refractivity contribution in [2.75, 3.05) is 10.9 Å². The fraction of sp³-hybridized carbons (Fsp3) is 1.00. The summed E-state index contributed by atoms with van der Waals surface area (Å²) >= 11 is 1.72. The molecule has 0 amide bonds. The maximum absolute atomic E-state index is 10.1. The van der Waals surface area contributed by atoms with Crippen LogP contribution in [0.25, 0.3) is 0 Å². The minimum atomic E-state index is -3.17. The molecule has 0 N–H and O–H groups in total. The Balaban J connectivity index is 3.89. The molecule has 0 radical (unpaired) electrons. The van der Waals surface area contributed by atoms with E-state index < -0.39 is 10.1 Å². The lowest BCUT2D eigenvalue weighted by Gasteiger charge is -1.89. The second kappa shape index (κ2) is 2.83. The molecule has 0 heterocycles. The van der Waals surface area contributed by atoms with Crippen LogP contribution in [0.5, 0.6) is 0 Å². The van der Waals surface area contributed by atoms with Gasteiger partial charge in [0.15, 0.2) is 0 Å². The van der Waals surface area contributed by atoms with Crippen molar-refractivity contribution in [1.29, 1.82) is 0 Å². The largest absolute Gasteiger partial charge is 0.276 e. The third-order valence-electron chi connectivity index (χ3n) is 0.388. The van der Waals surface area contributed by atoms with Crippen LogP contribution in [-0.4, -0.2) is 19.3 Å². The molecule has 0 rings (SSSR count). The monoisotopic (exact) mass is 236 g/mol. The highest BCUT2D eigenvalue weighted by molar-refractivity contribution is 14.1. The SMILES string of the molecule is COS(=O)(=O)CI. The molecular weight excluding hydrogens is 231 g/mol. The third kappa shape index (κ3) is 3.24. The molecule has 0 unspecified atom stereocenters. The van der Waals surface area contributed by atoms with Crippen LogP contribution in [0.3, 0.4) is 0 Å². The highest BCUT2D eigenvalue weighted by Crippen LogP contribution is 1.94. The summed E-state index contributed by atoms with van der Waals surface area (Å²) in [5, 5.41) is 0. The zero-order valence-electron chi connectivity index (χ0n) is 3.72. The number of rotatable bonds is 2. The first-order chi connectivity index (χ1) is 3.12. The first-order valence-electron chi connectivity index (χ1n) is 1.46. The molecule has 0 bridgehead atoms. The highest BCUT2D eigenvalue weighted by Gasteiger charge is 2.01. The summed E-state index contributed by atoms with van der Waals surface area (Å²) in [5.74, 6) is 0. The van der Waals surface area contributed by atoms with Crippen molar-refractivity contribution in [3.05, 3.63) is 0 Å². The maximum Gasteiger partial charge on any atom is 0.276 e. The van der Waals surface area contributed by atoms with E-state index in [-0.39, 0.29) is 3.76 Å². The zero-order chi connectivity index (χ0) is 5.91. The summed E-state index contributed by atoms with van der Waals surface area (Å²) in [6.45, 7) is 0. The maximum atomic E-state index is 10.1. The predicted octanol–water partition coefficient (Wildman–Crippen LogP) is 0.355. The van der Waals surface area contributed by atoms with Crippen LogP contribution in [-0.2, 0) is 14.3 Å². The lowest BCUT2D eigenvalue weighted by Crippen LogP contribution is -2.01. The van der Waals surface area contributed by atoms with Crippen molar-refractivity contribution in [1.82, 2.24) is 0 Å². The average Bonchev–Trinajstić information content (AvgIpc) is 1.68. The van der Waals surface area contributed by atoms with Gasteiger partial charge in [0.25, 0.3) is 10.1 Å². The first kappa shape index (κ1) is 7.64. The quantitative estimate of drug-likeness (QED) is 0.395. The number of halogens is 1. The van der Waals surface area contributed by atoms with Gasteiger partial charge >= 0.3 is 0 Å². The van der Waals surface area contributed by atoms with Gasteiger partial charge in [-0.1, -0.05) is 22.6 Å². The van der Waals surface area contributed by atoms with E-state index in [0.29, 0.717) is 0 Å². The Morgan fingerprint density at radius 2 is 2.14 bits per heavy atom. The van der Waals surface area contributed by atoms with Gasteiger partial charge in [-0.3, -0.25) is 4.18 Å². The summed E-state index contributed by atoms with van der Waals surface area (Å²) in [6, 6.07) is 0. The second-order valence-corrected chi connectivity index (χ2v) is 4.37. The molecule has 7 heavy (non-hydrogen) atoms. The molecule has 0 saturated carbocycles. The molecule has 5 heteroatoms. The minimum Gasteiger partial charge on any atom is -0.273 e. The van der Waals surface area contributed by atoms with Gasteiger partial charge in [0.2, 0.25) is 0 Å². The molecule has 0 aromatic carbocycles. The van der Waals surface area contributed by atoms with Crippen molar-refractivity contribution < 1.29 is 12.6 Å². The second-order valence-electron chi connectivity index (χ2n) is 0.833. The fourth-order valence-electron chi connectivity index (χ4n) is 0.0445. The van der Waals surface area contributed by atoms with Crippen LogP contribution >= 0.6 is 22.6 Å². The predicted molar refractivity (Wildman–Crippen MR) is 34.8 cm³/mol. The average molecular weight is 236 g/mol. The minimum absolute atomic E-state index is 0.0151. The van der Waals surface area contributed by atoms with E-state index in [1.165, 1.54) is 0 Å². The topological polar surface area (TPSA) is 43.4 Å². The molecule has 3 nitrogen and oxygen atoms in total. The van der Waals surface area contributed by atoms with Gasteiger partial charge in [-0.15, -0.1) is 0 Å². The summed E-state index contributed by atoms with van der Waals surface area (Å²) in [5.41, 5.74) is 0. The van der Waals surface area contributed by atoms with E-state index in [0.717, 1.165) is 7.11 Å². The first-order valence-corrected chi connectivity index (χ1v) is 4.57. The number of hydrogen-bond acceptors (Lipinski definition) is 3. The zero-order valence-corrected chi connectivity index (χ0v) is 6.69. The van der Waals surface area contributed by atoms with Crippen molar-refractivity contribution in [3.8, 4) is 0 Å². The summed E-state index contributed by atoms with van der Waals surface area (Å²) < 4.78 is 24.3. The molecule has 0 aliphatic rings. The number of alkyl halides is 1. The van der Waals surface area contributed by atoms with E-state index >= 15 is 0 Å². The van der Waals surface area contributed by atoms with Crippen molar-refractivity contribution in [2.24, 2.45) is 0 Å². The van der Waals surface area contributed by atoms with Gasteiger partial charge in [-0.2, -0.15) is 8.42 Å². The molecule has 0 aliphatic carbocycles. The molecular formula is C2H5IO3S. The van der Waals surface area contributed by atoms with Gasteiger partial charge in [-0.05, 0) is 0 Å². The third-order valence-corrected chi connectivity index (χ3v) is 3.45. The van der Waals surface area contributed by atoms with Gasteiger partial charge < -0.3 is 0 Å². The Morgan fingerprint density at radius 3 is 2.14 bits per heavy atom. The molecule has 0 aromatic rings. The van der Waals surface area contributed by atoms with E-state index in [1.54, 1.807) is 22.6 Å². The van der Waals surface area contributed by atoms with Crippen LogP contribution in [0.2, 0.25) is 0 Å². The van der Waals surface area contributed by atoms with Crippen molar-refractivity contribution >= 4 is 32.7 Å². The van der Waals surface area contributed by atoms with Crippen LogP contribution in [0.15, 0.2) is 0 Å². The Morgan fingerprint density at radius 1 is 1.71 bits per heavy atom. The lowest BCUT2D eigenvalue weighted by molar-refractivity contribution is 0.402. The Hall–Kier alpha value is 0.640. The Kier molecular flexibility index (Phi) is 3.09. The van der Waals surface area contributed by atoms with E-state index in [1.807, 2.05) is 0 Å². The molecule has 0 saturated heterocycles. The van der Waals surface area contributed by atoms with E-state index in [4.69, 9.17) is 0 Å². The van der Waals surface area contributed by atoms with Gasteiger partial charge in [0.1, 0.15) is 3.76 Å². The van der Waals surface area contributed by atoms with Crippen LogP contribution in [0.1, 0.15) is 0 Å². The summed E-state index contributed by atoms with van der Waals surface area (Å²) in [6.07, 6.45) is 0. The molecule has 0 spiro atoms. The normalized spacial score (nSPS) is 11.7. The number of hydrogen-bond donors (Lipinski definition) is 0.